The minimum atomic E-state index is -0.00752. The summed E-state index contributed by atoms with van der Waals surface area (Å²) in [6.07, 6.45) is 4.67. The molecule has 0 rings (SSSR count). The first-order valence-electron chi connectivity index (χ1n) is 9.39. The average molecular weight is 343 g/mol. The van der Waals surface area contributed by atoms with Crippen molar-refractivity contribution in [1.29, 1.82) is 0 Å². The van der Waals surface area contributed by atoms with E-state index in [-0.39, 0.29) is 18.0 Å². The van der Waals surface area contributed by atoms with Crippen molar-refractivity contribution in [2.75, 3.05) is 26.4 Å². The summed E-state index contributed by atoms with van der Waals surface area (Å²) < 4.78 is 10.9. The summed E-state index contributed by atoms with van der Waals surface area (Å²) >= 11 is 0. The summed E-state index contributed by atoms with van der Waals surface area (Å²) in [6, 6.07) is 0. The zero-order valence-corrected chi connectivity index (χ0v) is 16.5. The van der Waals surface area contributed by atoms with Gasteiger partial charge in [-0.15, -0.1) is 0 Å². The summed E-state index contributed by atoms with van der Waals surface area (Å²) in [4.78, 5) is 23.5. The second-order valence-electron chi connectivity index (χ2n) is 8.21. The van der Waals surface area contributed by atoms with E-state index in [4.69, 9.17) is 9.47 Å². The van der Waals surface area contributed by atoms with Crippen molar-refractivity contribution < 1.29 is 19.1 Å². The Hall–Kier alpha value is -0.740. The van der Waals surface area contributed by atoms with E-state index in [1.54, 1.807) is 0 Å². The minimum absolute atomic E-state index is 0.00752. The van der Waals surface area contributed by atoms with E-state index in [9.17, 15) is 9.59 Å². The Morgan fingerprint density at radius 1 is 0.833 bits per heavy atom. The normalized spacial score (nSPS) is 11.9. The summed E-state index contributed by atoms with van der Waals surface area (Å²) in [7, 11) is 0. The van der Waals surface area contributed by atoms with Gasteiger partial charge in [-0.25, -0.2) is 0 Å². The van der Waals surface area contributed by atoms with Crippen LogP contribution < -0.4 is 0 Å². The molecule has 0 N–H and O–H groups in total. The van der Waals surface area contributed by atoms with Crippen LogP contribution in [-0.2, 0) is 19.1 Å². The highest BCUT2D eigenvalue weighted by Crippen LogP contribution is 2.20. The molecule has 0 radical (unpaired) electrons. The topological polar surface area (TPSA) is 52.6 Å². The van der Waals surface area contributed by atoms with Crippen LogP contribution in [0.4, 0.5) is 0 Å². The fourth-order valence-corrected chi connectivity index (χ4v) is 2.23. The Morgan fingerprint density at radius 2 is 1.46 bits per heavy atom. The highest BCUT2D eigenvalue weighted by molar-refractivity contribution is 5.99. The van der Waals surface area contributed by atoms with Crippen LogP contribution in [0.2, 0.25) is 0 Å². The molecule has 0 spiro atoms. The zero-order chi connectivity index (χ0) is 18.4. The lowest BCUT2D eigenvalue weighted by Gasteiger charge is -2.17. The molecule has 24 heavy (non-hydrogen) atoms. The molecule has 0 aromatic heterocycles. The Morgan fingerprint density at radius 3 is 2.08 bits per heavy atom. The van der Waals surface area contributed by atoms with Crippen LogP contribution in [0.1, 0.15) is 79.6 Å². The number of Topliss-reactive ketones (excluding diaryl/α,β-unsaturated/α-hetero) is 2. The van der Waals surface area contributed by atoms with Crippen molar-refractivity contribution in [3.63, 3.8) is 0 Å². The van der Waals surface area contributed by atoms with Crippen LogP contribution in [0.15, 0.2) is 0 Å². The molecule has 0 unspecified atom stereocenters. The molecule has 0 aromatic carbocycles. The summed E-state index contributed by atoms with van der Waals surface area (Å²) in [5, 5.41) is 0. The van der Waals surface area contributed by atoms with E-state index in [0.717, 1.165) is 32.3 Å². The second kappa shape index (κ2) is 13.5. The van der Waals surface area contributed by atoms with E-state index >= 15 is 0 Å². The van der Waals surface area contributed by atoms with E-state index in [0.29, 0.717) is 44.0 Å². The average Bonchev–Trinajstić information content (AvgIpc) is 2.44. The lowest BCUT2D eigenvalue weighted by Crippen LogP contribution is -2.12. The van der Waals surface area contributed by atoms with Gasteiger partial charge in [-0.1, -0.05) is 34.6 Å². The van der Waals surface area contributed by atoms with Gasteiger partial charge in [0.05, 0.1) is 13.0 Å². The van der Waals surface area contributed by atoms with Gasteiger partial charge in [0.15, 0.2) is 0 Å². The van der Waals surface area contributed by atoms with Crippen molar-refractivity contribution in [2.45, 2.75) is 79.6 Å². The van der Waals surface area contributed by atoms with E-state index in [2.05, 4.69) is 34.6 Å². The summed E-state index contributed by atoms with van der Waals surface area (Å²) in [5.74, 6) is 0.573. The lowest BCUT2D eigenvalue weighted by molar-refractivity contribution is -0.127. The maximum absolute atomic E-state index is 11.7. The van der Waals surface area contributed by atoms with E-state index in [1.165, 1.54) is 0 Å². The first-order chi connectivity index (χ1) is 11.2. The molecular weight excluding hydrogens is 304 g/mol. The van der Waals surface area contributed by atoms with Gasteiger partial charge in [-0.2, -0.15) is 0 Å². The summed E-state index contributed by atoms with van der Waals surface area (Å²) in [6.45, 7) is 13.4. The van der Waals surface area contributed by atoms with Crippen LogP contribution in [0.25, 0.3) is 0 Å². The maximum Gasteiger partial charge on any atom is 0.142 e. The van der Waals surface area contributed by atoms with Crippen molar-refractivity contribution in [3.8, 4) is 0 Å². The quantitative estimate of drug-likeness (QED) is 0.323. The molecule has 0 fully saturated rings. The SMILES string of the molecule is CC(C)COCCCCC(=O)CC(=O)CCOCCCC(C)(C)C. The fourth-order valence-electron chi connectivity index (χ4n) is 2.23. The highest BCUT2D eigenvalue weighted by Gasteiger charge is 2.11. The van der Waals surface area contributed by atoms with E-state index < -0.39 is 0 Å². The predicted octanol–water partition coefficient (Wildman–Crippen LogP) is 4.59. The van der Waals surface area contributed by atoms with Gasteiger partial charge in [0.25, 0.3) is 0 Å². The Labute approximate surface area is 148 Å². The fraction of sp³-hybridized carbons (Fsp3) is 0.900. The second-order valence-corrected chi connectivity index (χ2v) is 8.21. The third-order valence-corrected chi connectivity index (χ3v) is 3.58. The van der Waals surface area contributed by atoms with Crippen LogP contribution in [0, 0.1) is 11.3 Å². The molecule has 142 valence electrons. The number of unbranched alkanes of at least 4 members (excludes halogenated alkanes) is 1. The number of ketones is 2. The predicted molar refractivity (Wildman–Crippen MR) is 98.3 cm³/mol. The molecule has 0 saturated heterocycles. The largest absolute Gasteiger partial charge is 0.381 e. The molecule has 0 aliphatic heterocycles. The van der Waals surface area contributed by atoms with Crippen LogP contribution in [0.3, 0.4) is 0 Å². The first kappa shape index (κ1) is 23.3. The molecule has 0 heterocycles. The molecular formula is C20H38O4. The van der Waals surface area contributed by atoms with Gasteiger partial charge in [0.1, 0.15) is 11.6 Å². The van der Waals surface area contributed by atoms with Crippen LogP contribution >= 0.6 is 0 Å². The van der Waals surface area contributed by atoms with Crippen LogP contribution in [-0.4, -0.2) is 38.0 Å². The molecule has 0 atom stereocenters. The number of hydrogen-bond donors (Lipinski definition) is 0. The van der Waals surface area contributed by atoms with Crippen molar-refractivity contribution in [1.82, 2.24) is 0 Å². The van der Waals surface area contributed by atoms with Gasteiger partial charge in [0, 0.05) is 32.7 Å². The molecule has 0 saturated carbocycles. The van der Waals surface area contributed by atoms with Crippen molar-refractivity contribution in [3.05, 3.63) is 0 Å². The molecule has 4 nitrogen and oxygen atoms in total. The molecule has 0 bridgehead atoms. The van der Waals surface area contributed by atoms with Crippen LogP contribution in [0.5, 0.6) is 0 Å². The highest BCUT2D eigenvalue weighted by atomic mass is 16.5. The third kappa shape index (κ3) is 17.6. The van der Waals surface area contributed by atoms with Gasteiger partial charge in [-0.05, 0) is 37.0 Å². The van der Waals surface area contributed by atoms with Gasteiger partial charge in [-0.3, -0.25) is 9.59 Å². The third-order valence-electron chi connectivity index (χ3n) is 3.58. The van der Waals surface area contributed by atoms with E-state index in [1.807, 2.05) is 0 Å². The summed E-state index contributed by atoms with van der Waals surface area (Å²) in [5.41, 5.74) is 0.325. The standard InChI is InChI=1S/C20H38O4/c1-17(2)16-24-12-7-6-9-18(21)15-19(22)10-14-23-13-8-11-20(3,4)5/h17H,6-16H2,1-5H3. The van der Waals surface area contributed by atoms with Crippen molar-refractivity contribution >= 4 is 11.6 Å². The lowest BCUT2D eigenvalue weighted by atomic mass is 9.91. The van der Waals surface area contributed by atoms with Gasteiger partial charge < -0.3 is 9.47 Å². The number of rotatable bonds is 15. The monoisotopic (exact) mass is 342 g/mol. The van der Waals surface area contributed by atoms with Crippen molar-refractivity contribution in [2.24, 2.45) is 11.3 Å². The number of ether oxygens (including phenoxy) is 2. The van der Waals surface area contributed by atoms with Gasteiger partial charge >= 0.3 is 0 Å². The first-order valence-corrected chi connectivity index (χ1v) is 9.39. The number of carbonyl (C=O) groups excluding carboxylic acids is 2. The molecule has 0 aliphatic rings. The Bertz CT molecular complexity index is 342. The molecule has 0 amide bonds. The molecule has 0 aliphatic carbocycles. The Kier molecular flexibility index (Phi) is 13.1. The zero-order valence-electron chi connectivity index (χ0n) is 16.5. The number of hydrogen-bond acceptors (Lipinski definition) is 4. The molecule has 0 aromatic rings. The van der Waals surface area contributed by atoms with Gasteiger partial charge in [0.2, 0.25) is 0 Å². The molecule has 4 heteroatoms. The number of carbonyl (C=O) groups is 2. The maximum atomic E-state index is 11.7. The Balaban J connectivity index is 3.48. The smallest absolute Gasteiger partial charge is 0.142 e. The minimum Gasteiger partial charge on any atom is -0.381 e.